The normalized spacial score (nSPS) is 21.2. The highest BCUT2D eigenvalue weighted by Gasteiger charge is 2.52. The van der Waals surface area contributed by atoms with Gasteiger partial charge < -0.3 is 9.80 Å². The van der Waals surface area contributed by atoms with Gasteiger partial charge in [0, 0.05) is 18.7 Å². The molecule has 6 nitrogen and oxygen atoms in total. The molecule has 3 aromatic carbocycles. The smallest absolute Gasteiger partial charge is 0.280 e. The first-order valence-electron chi connectivity index (χ1n) is 11.0. The van der Waals surface area contributed by atoms with Gasteiger partial charge in [0.2, 0.25) is 5.96 Å². The Morgan fingerprint density at radius 3 is 1.61 bits per heavy atom. The lowest BCUT2D eigenvalue weighted by Gasteiger charge is -2.27. The molecule has 0 radical (unpaired) electrons. The Morgan fingerprint density at radius 1 is 0.727 bits per heavy atom. The number of rotatable bonds is 5. The largest absolute Gasteiger partial charge is 0.332 e. The maximum atomic E-state index is 13.1. The number of carbonyl (C=O) groups excluding carboxylic acids is 1. The topological polar surface area (TPSA) is 70.0 Å². The molecule has 2 aliphatic heterocycles. The first-order valence-corrected chi connectivity index (χ1v) is 12.8. The van der Waals surface area contributed by atoms with Crippen LogP contribution in [0.25, 0.3) is 0 Å². The molecule has 2 atom stereocenters. The van der Waals surface area contributed by atoms with Gasteiger partial charge in [0.25, 0.3) is 5.91 Å². The van der Waals surface area contributed by atoms with Crippen molar-refractivity contribution in [3.05, 3.63) is 108 Å². The number of nitrogens with zero attached hydrogens (tertiary/aromatic N) is 3. The van der Waals surface area contributed by atoms with Crippen molar-refractivity contribution in [2.24, 2.45) is 4.99 Å². The van der Waals surface area contributed by atoms with E-state index in [1.54, 1.807) is 12.1 Å². The maximum Gasteiger partial charge on any atom is 0.280 e. The fourth-order valence-electron chi connectivity index (χ4n) is 4.67. The number of carbonyl (C=O) groups is 1. The number of guanidine groups is 1. The molecular weight excluding hydrogens is 434 g/mol. The van der Waals surface area contributed by atoms with Crippen LogP contribution in [0.1, 0.15) is 21.5 Å². The molecule has 5 rings (SSSR count). The average molecular weight is 460 g/mol. The molecule has 0 aromatic heterocycles. The Balaban J connectivity index is 1.57. The standard InChI is InChI=1S/C26H25N3O3S/c30-25(22-14-8-3-9-15-22)27-26-28(16-20-10-4-1-5-11-20)23-18-33(31,32)19-24(23)29(26)17-21-12-6-2-7-13-21/h1-15,23-24H,16-19H2/t23-,24-/m1/s1. The van der Waals surface area contributed by atoms with Gasteiger partial charge in [-0.2, -0.15) is 4.99 Å². The average Bonchev–Trinajstić information content (AvgIpc) is 3.27. The summed E-state index contributed by atoms with van der Waals surface area (Å²) >= 11 is 0. The Kier molecular flexibility index (Phi) is 5.72. The minimum Gasteiger partial charge on any atom is -0.332 e. The van der Waals surface area contributed by atoms with E-state index in [1.807, 2.05) is 88.7 Å². The Hall–Kier alpha value is -3.45. The summed E-state index contributed by atoms with van der Waals surface area (Å²) in [7, 11) is -3.18. The van der Waals surface area contributed by atoms with Gasteiger partial charge in [0.1, 0.15) is 0 Å². The van der Waals surface area contributed by atoms with E-state index >= 15 is 0 Å². The van der Waals surface area contributed by atoms with Gasteiger partial charge in [-0.15, -0.1) is 0 Å². The van der Waals surface area contributed by atoms with Crippen LogP contribution in [0.2, 0.25) is 0 Å². The predicted molar refractivity (Wildman–Crippen MR) is 128 cm³/mol. The second-order valence-corrected chi connectivity index (χ2v) is 10.7. The number of fused-ring (bicyclic) bond motifs is 1. The van der Waals surface area contributed by atoms with Crippen molar-refractivity contribution in [1.29, 1.82) is 0 Å². The molecule has 2 heterocycles. The minimum atomic E-state index is -3.18. The molecule has 0 spiro atoms. The summed E-state index contributed by atoms with van der Waals surface area (Å²) in [6.07, 6.45) is 0. The summed E-state index contributed by atoms with van der Waals surface area (Å²) in [5, 5.41) is 0. The third-order valence-electron chi connectivity index (χ3n) is 6.22. The third kappa shape index (κ3) is 4.54. The van der Waals surface area contributed by atoms with Crippen molar-refractivity contribution < 1.29 is 13.2 Å². The molecule has 0 aliphatic carbocycles. The molecule has 2 aliphatic rings. The Morgan fingerprint density at radius 2 is 1.15 bits per heavy atom. The summed E-state index contributed by atoms with van der Waals surface area (Å²) in [5.41, 5.74) is 2.60. The van der Waals surface area contributed by atoms with E-state index in [9.17, 15) is 13.2 Å². The summed E-state index contributed by atoms with van der Waals surface area (Å²) in [4.78, 5) is 21.7. The molecule has 2 fully saturated rings. The van der Waals surface area contributed by atoms with Crippen molar-refractivity contribution in [1.82, 2.24) is 9.80 Å². The summed E-state index contributed by atoms with van der Waals surface area (Å²) in [6, 6.07) is 28.3. The van der Waals surface area contributed by atoms with Crippen LogP contribution in [-0.2, 0) is 22.9 Å². The highest BCUT2D eigenvalue weighted by atomic mass is 32.2. The van der Waals surface area contributed by atoms with Crippen molar-refractivity contribution in [3.63, 3.8) is 0 Å². The van der Waals surface area contributed by atoms with E-state index in [4.69, 9.17) is 0 Å². The summed E-state index contributed by atoms with van der Waals surface area (Å²) < 4.78 is 25.3. The number of hydrogen-bond acceptors (Lipinski definition) is 3. The fourth-order valence-corrected chi connectivity index (χ4v) is 6.65. The summed E-state index contributed by atoms with van der Waals surface area (Å²) in [5.74, 6) is 0.342. The van der Waals surface area contributed by atoms with Crippen LogP contribution in [0.5, 0.6) is 0 Å². The van der Waals surface area contributed by atoms with Crippen LogP contribution in [-0.4, -0.2) is 53.7 Å². The number of amides is 1. The van der Waals surface area contributed by atoms with Crippen molar-refractivity contribution >= 4 is 21.7 Å². The maximum absolute atomic E-state index is 13.1. The second kappa shape index (κ2) is 8.83. The first kappa shape index (κ1) is 21.4. The van der Waals surface area contributed by atoms with E-state index in [0.717, 1.165) is 11.1 Å². The van der Waals surface area contributed by atoms with Gasteiger partial charge in [-0.25, -0.2) is 8.42 Å². The Labute approximate surface area is 194 Å². The Bertz CT molecular complexity index is 1200. The van der Waals surface area contributed by atoms with Crippen LogP contribution in [0.4, 0.5) is 0 Å². The van der Waals surface area contributed by atoms with Crippen LogP contribution < -0.4 is 0 Å². The van der Waals surface area contributed by atoms with Gasteiger partial charge >= 0.3 is 0 Å². The van der Waals surface area contributed by atoms with E-state index in [0.29, 0.717) is 24.6 Å². The van der Waals surface area contributed by atoms with E-state index in [-0.39, 0.29) is 29.5 Å². The SMILES string of the molecule is O=C(N=C1N(Cc2ccccc2)[C@@H]2CS(=O)(=O)C[C@H]2N1Cc1ccccc1)c1ccccc1. The molecular formula is C26H25N3O3S. The number of benzene rings is 3. The first-order chi connectivity index (χ1) is 16.0. The van der Waals surface area contributed by atoms with Crippen molar-refractivity contribution in [3.8, 4) is 0 Å². The highest BCUT2D eigenvalue weighted by Crippen LogP contribution is 2.34. The number of aliphatic imine (C=N–C) groups is 1. The second-order valence-electron chi connectivity index (χ2n) is 8.52. The van der Waals surface area contributed by atoms with E-state index in [1.165, 1.54) is 0 Å². The zero-order valence-electron chi connectivity index (χ0n) is 18.1. The van der Waals surface area contributed by atoms with E-state index in [2.05, 4.69) is 4.99 Å². The lowest BCUT2D eigenvalue weighted by atomic mass is 10.1. The molecule has 0 unspecified atom stereocenters. The summed E-state index contributed by atoms with van der Waals surface area (Å²) in [6.45, 7) is 0.980. The molecule has 33 heavy (non-hydrogen) atoms. The van der Waals surface area contributed by atoms with Gasteiger partial charge in [-0.05, 0) is 23.3 Å². The lowest BCUT2D eigenvalue weighted by Crippen LogP contribution is -2.39. The zero-order chi connectivity index (χ0) is 22.8. The number of hydrogen-bond donors (Lipinski definition) is 0. The van der Waals surface area contributed by atoms with Crippen molar-refractivity contribution in [2.45, 2.75) is 25.2 Å². The quantitative estimate of drug-likeness (QED) is 0.585. The molecule has 3 aromatic rings. The molecule has 0 saturated carbocycles. The van der Waals surface area contributed by atoms with Crippen LogP contribution in [0.3, 0.4) is 0 Å². The highest BCUT2D eigenvalue weighted by molar-refractivity contribution is 7.91. The van der Waals surface area contributed by atoms with Gasteiger partial charge in [0.15, 0.2) is 9.84 Å². The van der Waals surface area contributed by atoms with Gasteiger partial charge in [-0.1, -0.05) is 78.9 Å². The predicted octanol–water partition coefficient (Wildman–Crippen LogP) is 3.37. The zero-order valence-corrected chi connectivity index (χ0v) is 18.9. The van der Waals surface area contributed by atoms with Crippen LogP contribution in [0.15, 0.2) is 96.0 Å². The molecule has 1 amide bonds. The monoisotopic (exact) mass is 459 g/mol. The van der Waals surface area contributed by atoms with Crippen LogP contribution >= 0.6 is 0 Å². The molecule has 2 saturated heterocycles. The molecule has 0 N–H and O–H groups in total. The van der Waals surface area contributed by atoms with E-state index < -0.39 is 9.84 Å². The van der Waals surface area contributed by atoms with Gasteiger partial charge in [-0.3, -0.25) is 4.79 Å². The molecule has 168 valence electrons. The number of sulfone groups is 1. The minimum absolute atomic E-state index is 0.0638. The van der Waals surface area contributed by atoms with Gasteiger partial charge in [0.05, 0.1) is 23.6 Å². The fraction of sp³-hybridized carbons (Fsp3) is 0.231. The molecule has 0 bridgehead atoms. The molecule has 7 heteroatoms. The van der Waals surface area contributed by atoms with Crippen molar-refractivity contribution in [2.75, 3.05) is 11.5 Å². The third-order valence-corrected chi connectivity index (χ3v) is 7.92. The van der Waals surface area contributed by atoms with Crippen LogP contribution in [0, 0.1) is 0 Å². The lowest BCUT2D eigenvalue weighted by molar-refractivity contribution is 0.0999.